The zero-order valence-electron chi connectivity index (χ0n) is 9.90. The molecule has 1 fully saturated rings. The van der Waals surface area contributed by atoms with Gasteiger partial charge in [0.15, 0.2) is 0 Å². The van der Waals surface area contributed by atoms with E-state index < -0.39 is 0 Å². The summed E-state index contributed by atoms with van der Waals surface area (Å²) in [5.74, 6) is 0. The maximum absolute atomic E-state index is 9.09. The zero-order chi connectivity index (χ0) is 11.3. The van der Waals surface area contributed by atoms with E-state index in [-0.39, 0.29) is 24.9 Å². The molecule has 1 aliphatic carbocycles. The molecule has 2 N–H and O–H groups in total. The van der Waals surface area contributed by atoms with E-state index in [0.717, 1.165) is 19.4 Å². The van der Waals surface area contributed by atoms with Gasteiger partial charge in [0, 0.05) is 25.8 Å². The Balaban J connectivity index is 2.32. The second-order valence-corrected chi connectivity index (χ2v) is 3.99. The first kappa shape index (κ1) is 12.9. The molecule has 0 bridgehead atoms. The Morgan fingerprint density at radius 2 is 2.20 bits per heavy atom. The van der Waals surface area contributed by atoms with E-state index in [1.54, 1.807) is 7.11 Å². The van der Waals surface area contributed by atoms with E-state index in [1.165, 1.54) is 0 Å². The van der Waals surface area contributed by atoms with Crippen LogP contribution in [0.2, 0.25) is 0 Å². The molecule has 0 spiro atoms. The molecule has 0 saturated heterocycles. The molecule has 0 aromatic carbocycles. The van der Waals surface area contributed by atoms with Crippen LogP contribution in [0.15, 0.2) is 0 Å². The minimum Gasteiger partial charge on any atom is -0.395 e. The van der Waals surface area contributed by atoms with Gasteiger partial charge < -0.3 is 19.9 Å². The summed E-state index contributed by atoms with van der Waals surface area (Å²) < 4.78 is 10.9. The number of hydrogen-bond acceptors (Lipinski definition) is 4. The van der Waals surface area contributed by atoms with Gasteiger partial charge in [0.25, 0.3) is 0 Å². The van der Waals surface area contributed by atoms with E-state index in [1.807, 2.05) is 6.92 Å². The number of hydrogen-bond donors (Lipinski definition) is 2. The predicted octanol–water partition coefficient (Wildman–Crippen LogP) is 0.539. The molecule has 15 heavy (non-hydrogen) atoms. The first-order chi connectivity index (χ1) is 7.26. The Labute approximate surface area is 92.0 Å². The molecule has 0 heterocycles. The molecule has 1 rings (SSSR count). The zero-order valence-corrected chi connectivity index (χ0v) is 9.90. The summed E-state index contributed by atoms with van der Waals surface area (Å²) in [4.78, 5) is 0. The van der Waals surface area contributed by atoms with E-state index in [2.05, 4.69) is 12.2 Å². The number of aliphatic hydroxyl groups is 1. The van der Waals surface area contributed by atoms with Gasteiger partial charge >= 0.3 is 0 Å². The lowest BCUT2D eigenvalue weighted by Gasteiger charge is -2.44. The van der Waals surface area contributed by atoms with Gasteiger partial charge in [-0.1, -0.05) is 6.92 Å². The molecule has 4 nitrogen and oxygen atoms in total. The van der Waals surface area contributed by atoms with Crippen LogP contribution < -0.4 is 5.32 Å². The quantitative estimate of drug-likeness (QED) is 0.653. The molecule has 0 radical (unpaired) electrons. The summed E-state index contributed by atoms with van der Waals surface area (Å²) in [7, 11) is 1.71. The van der Waals surface area contributed by atoms with Gasteiger partial charge in [-0.05, 0) is 19.8 Å². The van der Waals surface area contributed by atoms with E-state index >= 15 is 0 Å². The highest BCUT2D eigenvalue weighted by Crippen LogP contribution is 2.27. The van der Waals surface area contributed by atoms with Crippen molar-refractivity contribution < 1.29 is 14.6 Å². The molecule has 4 heteroatoms. The van der Waals surface area contributed by atoms with Crippen molar-refractivity contribution in [2.24, 2.45) is 0 Å². The van der Waals surface area contributed by atoms with Gasteiger partial charge in [-0.25, -0.2) is 0 Å². The number of nitrogens with one attached hydrogen (secondary N) is 1. The van der Waals surface area contributed by atoms with Crippen LogP contribution in [0.25, 0.3) is 0 Å². The van der Waals surface area contributed by atoms with Crippen molar-refractivity contribution in [2.45, 2.75) is 51.0 Å². The van der Waals surface area contributed by atoms with Gasteiger partial charge in [0.05, 0.1) is 18.8 Å². The van der Waals surface area contributed by atoms with Crippen LogP contribution in [0, 0.1) is 0 Å². The van der Waals surface area contributed by atoms with E-state index in [9.17, 15) is 0 Å². The second-order valence-electron chi connectivity index (χ2n) is 3.99. The summed E-state index contributed by atoms with van der Waals surface area (Å²) >= 11 is 0. The standard InChI is InChI=1S/C11H23NO3/c1-4-8(7-13)12-9-6-10(15-5-2)11(9)14-3/h8-13H,4-7H2,1-3H3/t8-,9?,10?,11?/m0/s1. The molecule has 0 aromatic heterocycles. The van der Waals surface area contributed by atoms with Crippen molar-refractivity contribution in [2.75, 3.05) is 20.3 Å². The highest BCUT2D eigenvalue weighted by atomic mass is 16.5. The molecule has 0 aliphatic heterocycles. The first-order valence-corrected chi connectivity index (χ1v) is 5.78. The van der Waals surface area contributed by atoms with Crippen molar-refractivity contribution in [3.8, 4) is 0 Å². The average molecular weight is 217 g/mol. The third-order valence-electron chi connectivity index (χ3n) is 3.07. The normalized spacial score (nSPS) is 32.4. The van der Waals surface area contributed by atoms with Crippen molar-refractivity contribution in [1.82, 2.24) is 5.32 Å². The summed E-state index contributed by atoms with van der Waals surface area (Å²) in [6, 6.07) is 0.499. The second kappa shape index (κ2) is 6.43. The lowest BCUT2D eigenvalue weighted by atomic mass is 9.84. The predicted molar refractivity (Wildman–Crippen MR) is 58.9 cm³/mol. The van der Waals surface area contributed by atoms with Crippen LogP contribution in [-0.4, -0.2) is 49.7 Å². The minimum atomic E-state index is 0.130. The van der Waals surface area contributed by atoms with Crippen LogP contribution in [0.3, 0.4) is 0 Å². The third kappa shape index (κ3) is 3.14. The van der Waals surface area contributed by atoms with Gasteiger partial charge in [0.1, 0.15) is 0 Å². The third-order valence-corrected chi connectivity index (χ3v) is 3.07. The van der Waals surface area contributed by atoms with Crippen molar-refractivity contribution >= 4 is 0 Å². The summed E-state index contributed by atoms with van der Waals surface area (Å²) in [6.45, 7) is 4.97. The fourth-order valence-corrected chi connectivity index (χ4v) is 2.04. The number of ether oxygens (including phenoxy) is 2. The first-order valence-electron chi connectivity index (χ1n) is 5.78. The Kier molecular flexibility index (Phi) is 5.53. The van der Waals surface area contributed by atoms with Gasteiger partial charge in [0.2, 0.25) is 0 Å². The summed E-state index contributed by atoms with van der Waals surface area (Å²) in [6.07, 6.45) is 2.25. The lowest BCUT2D eigenvalue weighted by molar-refractivity contribution is -0.133. The Bertz CT molecular complexity index is 173. The number of methoxy groups -OCH3 is 1. The monoisotopic (exact) mass is 217 g/mol. The fourth-order valence-electron chi connectivity index (χ4n) is 2.04. The molecule has 0 aromatic rings. The summed E-state index contributed by atoms with van der Waals surface area (Å²) in [5.41, 5.74) is 0. The van der Waals surface area contributed by atoms with Crippen LogP contribution in [0.4, 0.5) is 0 Å². The fraction of sp³-hybridized carbons (Fsp3) is 1.00. The molecule has 1 saturated carbocycles. The molecule has 3 unspecified atom stereocenters. The van der Waals surface area contributed by atoms with Crippen molar-refractivity contribution in [3.63, 3.8) is 0 Å². The highest BCUT2D eigenvalue weighted by molar-refractivity contribution is 4.98. The SMILES string of the molecule is CCOC1CC(N[C@@H](CC)CO)C1OC. The Hall–Kier alpha value is -0.160. The largest absolute Gasteiger partial charge is 0.395 e. The molecular weight excluding hydrogens is 194 g/mol. The van der Waals surface area contributed by atoms with E-state index in [4.69, 9.17) is 14.6 Å². The van der Waals surface area contributed by atoms with Crippen LogP contribution in [-0.2, 0) is 9.47 Å². The minimum absolute atomic E-state index is 0.130. The smallest absolute Gasteiger partial charge is 0.0986 e. The molecule has 90 valence electrons. The van der Waals surface area contributed by atoms with Gasteiger partial charge in [-0.15, -0.1) is 0 Å². The highest BCUT2D eigenvalue weighted by Gasteiger charge is 2.42. The number of rotatable bonds is 7. The van der Waals surface area contributed by atoms with Crippen LogP contribution >= 0.6 is 0 Å². The molecule has 4 atom stereocenters. The van der Waals surface area contributed by atoms with Crippen molar-refractivity contribution in [3.05, 3.63) is 0 Å². The Morgan fingerprint density at radius 1 is 1.47 bits per heavy atom. The topological polar surface area (TPSA) is 50.7 Å². The molecular formula is C11H23NO3. The van der Waals surface area contributed by atoms with Crippen LogP contribution in [0.5, 0.6) is 0 Å². The van der Waals surface area contributed by atoms with Gasteiger partial charge in [-0.3, -0.25) is 0 Å². The van der Waals surface area contributed by atoms with E-state index in [0.29, 0.717) is 6.04 Å². The molecule has 1 aliphatic rings. The maximum atomic E-state index is 9.09. The van der Waals surface area contributed by atoms with Gasteiger partial charge in [-0.2, -0.15) is 0 Å². The average Bonchev–Trinajstić information content (AvgIpc) is 2.23. The summed E-state index contributed by atoms with van der Waals surface area (Å²) in [5, 5.41) is 12.5. The maximum Gasteiger partial charge on any atom is 0.0986 e. The van der Waals surface area contributed by atoms with Crippen molar-refractivity contribution in [1.29, 1.82) is 0 Å². The van der Waals surface area contributed by atoms with Crippen LogP contribution in [0.1, 0.15) is 26.7 Å². The molecule has 0 amide bonds. The Morgan fingerprint density at radius 3 is 2.67 bits per heavy atom. The number of aliphatic hydroxyl groups excluding tert-OH is 1. The lowest BCUT2D eigenvalue weighted by Crippen LogP contribution is -2.62.